The summed E-state index contributed by atoms with van der Waals surface area (Å²) >= 11 is 9.72. The van der Waals surface area contributed by atoms with Crippen molar-refractivity contribution < 1.29 is 29.6 Å². The standard InChI is InChI=1S/C9H11NS2.Na/c1-10(9(11)12)7-8-5-3-2-4-6-8;/h2-6H,7H2,1H3,(H,11,12);/q;+1/p-1. The van der Waals surface area contributed by atoms with Gasteiger partial charge < -0.3 is 29.7 Å². The quantitative estimate of drug-likeness (QED) is 0.355. The average Bonchev–Trinajstić information content (AvgIpc) is 2.06. The van der Waals surface area contributed by atoms with Crippen LogP contribution in [0.3, 0.4) is 0 Å². The van der Waals surface area contributed by atoms with Crippen LogP contribution < -0.4 is 29.6 Å². The Kier molecular flexibility index (Phi) is 6.91. The topological polar surface area (TPSA) is 3.24 Å². The maximum atomic E-state index is 4.86. The minimum absolute atomic E-state index is 0. The first kappa shape index (κ1) is 13.3. The number of thiocarbonyl (C=S) groups is 1. The van der Waals surface area contributed by atoms with E-state index in [4.69, 9.17) is 24.8 Å². The van der Waals surface area contributed by atoms with Crippen LogP contribution >= 0.6 is 12.2 Å². The largest absolute Gasteiger partial charge is 1.00 e. The van der Waals surface area contributed by atoms with E-state index in [0.29, 0.717) is 4.32 Å². The van der Waals surface area contributed by atoms with Crippen LogP contribution in [0.5, 0.6) is 0 Å². The van der Waals surface area contributed by atoms with Gasteiger partial charge in [-0.15, -0.1) is 0 Å². The second-order valence-electron chi connectivity index (χ2n) is 2.61. The molecule has 0 amide bonds. The molecule has 0 heterocycles. The van der Waals surface area contributed by atoms with Crippen LogP contribution in [0.1, 0.15) is 5.56 Å². The molecule has 1 rings (SSSR count). The zero-order valence-corrected chi connectivity index (χ0v) is 11.5. The second kappa shape index (κ2) is 6.74. The van der Waals surface area contributed by atoms with Crippen molar-refractivity contribution in [3.8, 4) is 0 Å². The minimum Gasteiger partial charge on any atom is -0.411 e. The van der Waals surface area contributed by atoms with E-state index in [1.54, 1.807) is 0 Å². The van der Waals surface area contributed by atoms with Crippen molar-refractivity contribution in [3.63, 3.8) is 0 Å². The van der Waals surface area contributed by atoms with Crippen molar-refractivity contribution >= 4 is 29.2 Å². The Morgan fingerprint density at radius 2 is 1.92 bits per heavy atom. The molecule has 0 spiro atoms. The Hall–Kier alpha value is 0.330. The molecule has 0 saturated carbocycles. The van der Waals surface area contributed by atoms with Crippen LogP contribution in [0.4, 0.5) is 0 Å². The minimum atomic E-state index is 0. The molecule has 0 fully saturated rings. The molecule has 0 unspecified atom stereocenters. The molecule has 1 nitrogen and oxygen atoms in total. The Balaban J connectivity index is 0.00000144. The van der Waals surface area contributed by atoms with Crippen molar-refractivity contribution in [2.45, 2.75) is 6.54 Å². The van der Waals surface area contributed by atoms with Gasteiger partial charge in [-0.25, -0.2) is 0 Å². The Labute approximate surface area is 112 Å². The van der Waals surface area contributed by atoms with Gasteiger partial charge in [-0.05, 0) is 5.56 Å². The molecule has 1 aromatic carbocycles. The summed E-state index contributed by atoms with van der Waals surface area (Å²) in [5.41, 5.74) is 1.23. The van der Waals surface area contributed by atoms with E-state index < -0.39 is 0 Å². The zero-order valence-electron chi connectivity index (χ0n) is 7.86. The summed E-state index contributed by atoms with van der Waals surface area (Å²) in [6.07, 6.45) is 0. The van der Waals surface area contributed by atoms with E-state index >= 15 is 0 Å². The van der Waals surface area contributed by atoms with Crippen LogP contribution in [0.25, 0.3) is 0 Å². The third kappa shape index (κ3) is 4.93. The molecule has 0 N–H and O–H groups in total. The van der Waals surface area contributed by atoms with Gasteiger partial charge in [0.05, 0.1) is 0 Å². The van der Waals surface area contributed by atoms with E-state index in [0.717, 1.165) is 6.54 Å². The van der Waals surface area contributed by atoms with Gasteiger partial charge in [0, 0.05) is 13.6 Å². The number of rotatable bonds is 2. The predicted molar refractivity (Wildman–Crippen MR) is 57.9 cm³/mol. The van der Waals surface area contributed by atoms with Crippen molar-refractivity contribution in [1.82, 2.24) is 4.90 Å². The molecule has 0 aliphatic carbocycles. The molecule has 0 aromatic heterocycles. The molecule has 64 valence electrons. The van der Waals surface area contributed by atoms with Crippen molar-refractivity contribution in [3.05, 3.63) is 35.9 Å². The third-order valence-electron chi connectivity index (χ3n) is 1.57. The molecule has 0 atom stereocenters. The van der Waals surface area contributed by atoms with Crippen LogP contribution in [-0.4, -0.2) is 16.3 Å². The maximum absolute atomic E-state index is 4.86. The van der Waals surface area contributed by atoms with E-state index in [1.165, 1.54) is 5.56 Å². The van der Waals surface area contributed by atoms with E-state index in [-0.39, 0.29) is 29.6 Å². The summed E-state index contributed by atoms with van der Waals surface area (Å²) in [5.74, 6) is 0. The molecule has 0 radical (unpaired) electrons. The molecular weight excluding hydrogens is 209 g/mol. The molecule has 0 saturated heterocycles. The summed E-state index contributed by atoms with van der Waals surface area (Å²) in [4.78, 5) is 1.88. The normalized spacial score (nSPS) is 8.69. The summed E-state index contributed by atoms with van der Waals surface area (Å²) in [6, 6.07) is 10.1. The number of hydrogen-bond donors (Lipinski definition) is 0. The summed E-state index contributed by atoms with van der Waals surface area (Å²) < 4.78 is 0.513. The average molecular weight is 219 g/mol. The molecular formula is C9H10NNaS2. The van der Waals surface area contributed by atoms with Crippen LogP contribution in [0.15, 0.2) is 30.3 Å². The second-order valence-corrected chi connectivity index (χ2v) is 3.64. The number of hydrogen-bond acceptors (Lipinski definition) is 2. The van der Waals surface area contributed by atoms with E-state index in [1.807, 2.05) is 30.1 Å². The molecule has 0 aliphatic heterocycles. The smallest absolute Gasteiger partial charge is 0.411 e. The molecule has 13 heavy (non-hydrogen) atoms. The number of nitrogens with zero attached hydrogens (tertiary/aromatic N) is 1. The third-order valence-corrected chi connectivity index (χ3v) is 2.20. The molecule has 0 bridgehead atoms. The van der Waals surface area contributed by atoms with Gasteiger partial charge in [0.1, 0.15) is 0 Å². The van der Waals surface area contributed by atoms with Crippen molar-refractivity contribution in [2.75, 3.05) is 7.05 Å². The summed E-state index contributed by atoms with van der Waals surface area (Å²) in [6.45, 7) is 0.795. The molecule has 4 heteroatoms. The zero-order chi connectivity index (χ0) is 8.97. The fourth-order valence-electron chi connectivity index (χ4n) is 0.922. The summed E-state index contributed by atoms with van der Waals surface area (Å²) in [7, 11) is 1.91. The van der Waals surface area contributed by atoms with Gasteiger partial charge in [-0.2, -0.15) is 0 Å². The van der Waals surface area contributed by atoms with Gasteiger partial charge in [-0.1, -0.05) is 34.7 Å². The Bertz CT molecular complexity index is 264. The molecule has 1 aromatic rings. The van der Waals surface area contributed by atoms with Crippen LogP contribution in [0.2, 0.25) is 0 Å². The maximum Gasteiger partial charge on any atom is 1.00 e. The first-order chi connectivity index (χ1) is 5.70. The van der Waals surface area contributed by atoms with Gasteiger partial charge in [-0.3, -0.25) is 0 Å². The van der Waals surface area contributed by atoms with E-state index in [2.05, 4.69) is 12.1 Å². The van der Waals surface area contributed by atoms with Crippen LogP contribution in [-0.2, 0) is 19.2 Å². The molecule has 0 aliphatic rings. The predicted octanol–water partition coefficient (Wildman–Crippen LogP) is -1.05. The fourth-order valence-corrected chi connectivity index (χ4v) is 1.05. The van der Waals surface area contributed by atoms with Crippen LogP contribution in [0, 0.1) is 0 Å². The Morgan fingerprint density at radius 1 is 1.38 bits per heavy atom. The van der Waals surface area contributed by atoms with Gasteiger partial charge in [0.15, 0.2) is 0 Å². The van der Waals surface area contributed by atoms with Crippen molar-refractivity contribution in [1.29, 1.82) is 0 Å². The first-order valence-corrected chi connectivity index (χ1v) is 4.48. The Morgan fingerprint density at radius 3 is 2.38 bits per heavy atom. The fraction of sp³-hybridized carbons (Fsp3) is 0.222. The monoisotopic (exact) mass is 219 g/mol. The van der Waals surface area contributed by atoms with Gasteiger partial charge in [0.25, 0.3) is 0 Å². The number of benzene rings is 1. The van der Waals surface area contributed by atoms with Gasteiger partial charge >= 0.3 is 29.6 Å². The SMILES string of the molecule is CN(Cc1ccccc1)C(=S)[S-].[Na+]. The van der Waals surface area contributed by atoms with Gasteiger partial charge in [0.2, 0.25) is 0 Å². The van der Waals surface area contributed by atoms with Crippen molar-refractivity contribution in [2.24, 2.45) is 0 Å². The first-order valence-electron chi connectivity index (χ1n) is 3.66. The van der Waals surface area contributed by atoms with E-state index in [9.17, 15) is 0 Å². The summed E-state index contributed by atoms with van der Waals surface area (Å²) in [5, 5.41) is 0.